The zero-order chi connectivity index (χ0) is 12.9. The quantitative estimate of drug-likeness (QED) is 0.326. The summed E-state index contributed by atoms with van der Waals surface area (Å²) in [5, 5.41) is 7.17. The number of esters is 1. The molecule has 0 bridgehead atoms. The van der Waals surface area contributed by atoms with E-state index >= 15 is 0 Å². The molecule has 0 spiro atoms. The van der Waals surface area contributed by atoms with Crippen molar-refractivity contribution in [3.8, 4) is 0 Å². The third-order valence-electron chi connectivity index (χ3n) is 2.07. The highest BCUT2D eigenvalue weighted by molar-refractivity contribution is 5.98. The molecular weight excluding hydrogens is 204 g/mol. The van der Waals surface area contributed by atoms with Gasteiger partial charge in [0, 0.05) is 0 Å². The van der Waals surface area contributed by atoms with Crippen LogP contribution >= 0.6 is 0 Å². The van der Waals surface area contributed by atoms with Crippen LogP contribution in [0.15, 0.2) is 12.2 Å². The van der Waals surface area contributed by atoms with Gasteiger partial charge in [0.05, 0.1) is 0 Å². The summed E-state index contributed by atoms with van der Waals surface area (Å²) in [5.41, 5.74) is 4.58. The highest BCUT2D eigenvalue weighted by Crippen LogP contribution is 2.15. The molecule has 16 heavy (non-hydrogen) atoms. The fourth-order valence-corrected chi connectivity index (χ4v) is 0.933. The minimum absolute atomic E-state index is 0.173. The predicted octanol–water partition coefficient (Wildman–Crippen LogP) is 2.09. The monoisotopic (exact) mass is 226 g/mol. The largest absolute Gasteiger partial charge is 0.455 e. The first kappa shape index (κ1) is 14.7. The fraction of sp³-hybridized carbons (Fsp3) is 0.667. The maximum absolute atomic E-state index is 11.6. The van der Waals surface area contributed by atoms with Crippen LogP contribution in [0.3, 0.4) is 0 Å². The lowest BCUT2D eigenvalue weighted by Crippen LogP contribution is -2.34. The Labute approximate surface area is 97.4 Å². The topological polar surface area (TPSA) is 76.2 Å². The molecule has 0 rings (SSSR count). The van der Waals surface area contributed by atoms with E-state index in [0.29, 0.717) is 5.92 Å². The van der Waals surface area contributed by atoms with Crippen LogP contribution in [-0.2, 0) is 9.53 Å². The molecular formula is C12H22N2O2. The van der Waals surface area contributed by atoms with Crippen molar-refractivity contribution >= 4 is 11.8 Å². The smallest absolute Gasteiger partial charge is 0.317 e. The lowest BCUT2D eigenvalue weighted by Gasteiger charge is -2.23. The Balaban J connectivity index is 4.47. The molecule has 0 amide bonds. The van der Waals surface area contributed by atoms with Crippen molar-refractivity contribution in [2.75, 3.05) is 0 Å². The van der Waals surface area contributed by atoms with Crippen molar-refractivity contribution in [2.45, 2.75) is 40.2 Å². The minimum atomic E-state index is -0.688. The number of nitrogens with two attached hydrogens (primary N) is 1. The Morgan fingerprint density at radius 3 is 2.25 bits per heavy atom. The van der Waals surface area contributed by atoms with Gasteiger partial charge in [0.1, 0.15) is 17.4 Å². The number of nitrogens with one attached hydrogen (secondary N) is 1. The van der Waals surface area contributed by atoms with Crippen molar-refractivity contribution in [3.63, 3.8) is 0 Å². The van der Waals surface area contributed by atoms with E-state index in [4.69, 9.17) is 15.9 Å². The molecule has 1 atom stereocenters. The van der Waals surface area contributed by atoms with E-state index in [-0.39, 0.29) is 5.84 Å². The van der Waals surface area contributed by atoms with Gasteiger partial charge in [0.25, 0.3) is 0 Å². The first-order valence-electron chi connectivity index (χ1n) is 5.42. The lowest BCUT2D eigenvalue weighted by atomic mass is 10.1. The molecule has 0 radical (unpaired) electrons. The summed E-state index contributed by atoms with van der Waals surface area (Å²) in [5.74, 6) is -0.922. The highest BCUT2D eigenvalue weighted by atomic mass is 16.6. The van der Waals surface area contributed by atoms with E-state index in [1.54, 1.807) is 20.8 Å². The SMILES string of the molecule is CC(C)C=CC(C)(C)OC(=O)C(C)C(=N)N. The van der Waals surface area contributed by atoms with Gasteiger partial charge in [-0.05, 0) is 32.8 Å². The second kappa shape index (κ2) is 5.68. The number of amidine groups is 1. The van der Waals surface area contributed by atoms with Crippen LogP contribution in [0.2, 0.25) is 0 Å². The summed E-state index contributed by atoms with van der Waals surface area (Å²) in [6.45, 7) is 9.26. The van der Waals surface area contributed by atoms with Crippen molar-refractivity contribution < 1.29 is 9.53 Å². The zero-order valence-corrected chi connectivity index (χ0v) is 10.7. The Kier molecular flexibility index (Phi) is 5.21. The number of hydrogen-bond donors (Lipinski definition) is 2. The van der Waals surface area contributed by atoms with E-state index in [0.717, 1.165) is 0 Å². The zero-order valence-electron chi connectivity index (χ0n) is 10.7. The van der Waals surface area contributed by atoms with Gasteiger partial charge in [0.15, 0.2) is 0 Å². The van der Waals surface area contributed by atoms with Crippen molar-refractivity contribution in [2.24, 2.45) is 17.6 Å². The summed E-state index contributed by atoms with van der Waals surface area (Å²) >= 11 is 0. The van der Waals surface area contributed by atoms with Crippen molar-refractivity contribution in [1.82, 2.24) is 0 Å². The first-order chi connectivity index (χ1) is 7.15. The predicted molar refractivity (Wildman–Crippen MR) is 65.2 cm³/mol. The number of carbonyl (C=O) groups is 1. The molecule has 0 aromatic carbocycles. The maximum Gasteiger partial charge on any atom is 0.317 e. The van der Waals surface area contributed by atoms with E-state index < -0.39 is 17.5 Å². The Hall–Kier alpha value is -1.32. The molecule has 0 aromatic heterocycles. The van der Waals surface area contributed by atoms with Crippen LogP contribution in [0.4, 0.5) is 0 Å². The second-order valence-corrected chi connectivity index (χ2v) is 4.80. The molecule has 0 aliphatic rings. The summed E-state index contributed by atoms with van der Waals surface area (Å²) in [7, 11) is 0. The minimum Gasteiger partial charge on any atom is -0.455 e. The Morgan fingerprint density at radius 2 is 1.88 bits per heavy atom. The molecule has 92 valence electrons. The van der Waals surface area contributed by atoms with Gasteiger partial charge in [0.2, 0.25) is 0 Å². The van der Waals surface area contributed by atoms with Crippen molar-refractivity contribution in [3.05, 3.63) is 12.2 Å². The van der Waals surface area contributed by atoms with Gasteiger partial charge in [-0.15, -0.1) is 0 Å². The molecule has 0 aliphatic carbocycles. The molecule has 4 nitrogen and oxygen atoms in total. The van der Waals surface area contributed by atoms with Crippen LogP contribution in [0, 0.1) is 17.2 Å². The van der Waals surface area contributed by atoms with Gasteiger partial charge in [-0.3, -0.25) is 10.2 Å². The third-order valence-corrected chi connectivity index (χ3v) is 2.07. The molecule has 0 saturated carbocycles. The number of rotatable bonds is 5. The van der Waals surface area contributed by atoms with E-state index in [2.05, 4.69) is 0 Å². The van der Waals surface area contributed by atoms with Crippen LogP contribution in [0.25, 0.3) is 0 Å². The fourth-order valence-electron chi connectivity index (χ4n) is 0.933. The maximum atomic E-state index is 11.6. The summed E-state index contributed by atoms with van der Waals surface area (Å²) < 4.78 is 5.26. The third kappa shape index (κ3) is 5.53. The normalized spacial score (nSPS) is 14.1. The number of carbonyl (C=O) groups excluding carboxylic acids is 1. The molecule has 0 saturated heterocycles. The molecule has 4 heteroatoms. The van der Waals surface area contributed by atoms with E-state index in [1.807, 2.05) is 26.0 Å². The molecule has 0 fully saturated rings. The molecule has 0 aliphatic heterocycles. The van der Waals surface area contributed by atoms with Crippen LogP contribution < -0.4 is 5.73 Å². The molecule has 3 N–H and O–H groups in total. The number of hydrogen-bond acceptors (Lipinski definition) is 3. The molecule has 0 heterocycles. The Morgan fingerprint density at radius 1 is 1.38 bits per heavy atom. The Bertz CT molecular complexity index is 293. The number of allylic oxidation sites excluding steroid dienone is 1. The second-order valence-electron chi connectivity index (χ2n) is 4.80. The summed E-state index contributed by atoms with van der Waals surface area (Å²) in [4.78, 5) is 11.6. The van der Waals surface area contributed by atoms with Crippen LogP contribution in [0.1, 0.15) is 34.6 Å². The summed E-state index contributed by atoms with van der Waals surface area (Å²) in [6, 6.07) is 0. The molecule has 1 unspecified atom stereocenters. The van der Waals surface area contributed by atoms with Gasteiger partial charge < -0.3 is 10.5 Å². The summed E-state index contributed by atoms with van der Waals surface area (Å²) in [6.07, 6.45) is 3.83. The van der Waals surface area contributed by atoms with Crippen molar-refractivity contribution in [1.29, 1.82) is 5.41 Å². The van der Waals surface area contributed by atoms with Gasteiger partial charge >= 0.3 is 5.97 Å². The van der Waals surface area contributed by atoms with Gasteiger partial charge in [-0.1, -0.05) is 19.9 Å². The standard InChI is InChI=1S/C12H22N2O2/c1-8(2)6-7-12(4,5)16-11(15)9(3)10(13)14/h6-9H,1-5H3,(H3,13,14). The van der Waals surface area contributed by atoms with E-state index in [9.17, 15) is 4.79 Å². The van der Waals surface area contributed by atoms with Crippen LogP contribution in [-0.4, -0.2) is 17.4 Å². The average Bonchev–Trinajstić information content (AvgIpc) is 2.12. The lowest BCUT2D eigenvalue weighted by molar-refractivity contribution is -0.154. The first-order valence-corrected chi connectivity index (χ1v) is 5.42. The van der Waals surface area contributed by atoms with E-state index in [1.165, 1.54) is 0 Å². The van der Waals surface area contributed by atoms with Gasteiger partial charge in [-0.2, -0.15) is 0 Å². The molecule has 0 aromatic rings. The average molecular weight is 226 g/mol. The highest BCUT2D eigenvalue weighted by Gasteiger charge is 2.25. The number of ether oxygens (including phenoxy) is 1. The van der Waals surface area contributed by atoms with Gasteiger partial charge in [-0.25, -0.2) is 0 Å². The van der Waals surface area contributed by atoms with Crippen LogP contribution in [0.5, 0.6) is 0 Å².